The van der Waals surface area contributed by atoms with E-state index in [-0.39, 0.29) is 56.0 Å². The van der Waals surface area contributed by atoms with Crippen LogP contribution in [0.5, 0.6) is 11.5 Å². The van der Waals surface area contributed by atoms with Crippen molar-refractivity contribution in [3.05, 3.63) is 23.8 Å². The Morgan fingerprint density at radius 3 is 2.65 bits per heavy atom. The van der Waals surface area contributed by atoms with E-state index in [1.54, 1.807) is 12.1 Å². The van der Waals surface area contributed by atoms with Crippen LogP contribution in [0.1, 0.15) is 37.2 Å². The molecule has 0 aliphatic heterocycles. The number of rotatable bonds is 2. The number of hydrogen-bond donors (Lipinski definition) is 2. The van der Waals surface area contributed by atoms with Crippen LogP contribution in [0.3, 0.4) is 0 Å². The third kappa shape index (κ3) is 3.52. The van der Waals surface area contributed by atoms with Crippen LogP contribution in [-0.4, -0.2) is 16.5 Å². The molecule has 0 bridgehead atoms. The molecule has 4 heteroatoms. The molecule has 1 aromatic rings. The van der Waals surface area contributed by atoms with E-state index in [1.165, 1.54) is 6.07 Å². The van der Waals surface area contributed by atoms with Crippen LogP contribution in [0.4, 0.5) is 0 Å². The Hall–Kier alpha value is -0.406. The summed E-state index contributed by atoms with van der Waals surface area (Å²) in [6, 6.07) is 4.66. The molecule has 0 saturated heterocycles. The molecule has 0 heterocycles. The molecule has 1 saturated carbocycles. The van der Waals surface area contributed by atoms with Gasteiger partial charge in [0.05, 0.1) is 0 Å². The molecular weight excluding hydrogens is 293 g/mol. The van der Waals surface area contributed by atoms with Crippen molar-refractivity contribution in [1.29, 1.82) is 0 Å². The van der Waals surface area contributed by atoms with Gasteiger partial charge in [0.15, 0.2) is 0 Å². The van der Waals surface area contributed by atoms with E-state index >= 15 is 0 Å². The number of phenols is 2. The predicted octanol–water partition coefficient (Wildman–Crippen LogP) is 2.48. The SMILES string of the molecule is O=[C-]C1CCCC(c2ccc(O)cc2O)C1.[Y+3]. The second kappa shape index (κ2) is 6.51. The van der Waals surface area contributed by atoms with Gasteiger partial charge >= 0.3 is 32.7 Å². The number of phenolic OH excluding ortho intramolecular Hbond substituents is 2. The summed E-state index contributed by atoms with van der Waals surface area (Å²) in [6.07, 6.45) is 5.68. The van der Waals surface area contributed by atoms with Crippen LogP contribution in [-0.2, 0) is 37.5 Å². The summed E-state index contributed by atoms with van der Waals surface area (Å²) < 4.78 is 0. The zero-order chi connectivity index (χ0) is 11.5. The minimum absolute atomic E-state index is 0. The fourth-order valence-corrected chi connectivity index (χ4v) is 2.46. The van der Waals surface area contributed by atoms with E-state index in [0.717, 1.165) is 31.2 Å². The van der Waals surface area contributed by atoms with Gasteiger partial charge in [0, 0.05) is 6.07 Å². The molecule has 0 radical (unpaired) electrons. The number of aromatic hydroxyl groups is 2. The maximum atomic E-state index is 10.6. The Balaban J connectivity index is 0.00000144. The molecule has 3 nitrogen and oxygen atoms in total. The van der Waals surface area contributed by atoms with Crippen molar-refractivity contribution < 1.29 is 47.7 Å². The average Bonchev–Trinajstić information content (AvgIpc) is 2.29. The molecule has 1 fully saturated rings. The number of carbonyl (C=O) groups excluding carboxylic acids is 1. The summed E-state index contributed by atoms with van der Waals surface area (Å²) >= 11 is 0. The standard InChI is InChI=1S/C13H15O3.Y/c14-8-9-2-1-3-10(6-9)12-5-4-11(15)7-13(12)16;/h4-5,7,9-10,15-16H,1-3,6H2;/q-1;+3. The van der Waals surface area contributed by atoms with Gasteiger partial charge in [-0.25, -0.2) is 0 Å². The van der Waals surface area contributed by atoms with Crippen molar-refractivity contribution in [2.45, 2.75) is 31.6 Å². The second-order valence-corrected chi connectivity index (χ2v) is 4.42. The third-order valence-corrected chi connectivity index (χ3v) is 3.29. The topological polar surface area (TPSA) is 57.5 Å². The van der Waals surface area contributed by atoms with Crippen LogP contribution in [0.2, 0.25) is 0 Å². The van der Waals surface area contributed by atoms with E-state index in [9.17, 15) is 15.0 Å². The fraction of sp³-hybridized carbons (Fsp3) is 0.462. The molecule has 0 spiro atoms. The van der Waals surface area contributed by atoms with Gasteiger partial charge in [0.2, 0.25) is 0 Å². The summed E-state index contributed by atoms with van der Waals surface area (Å²) in [5, 5.41) is 19.0. The first-order chi connectivity index (χ1) is 7.70. The van der Waals surface area contributed by atoms with Crippen molar-refractivity contribution >= 4 is 6.29 Å². The van der Waals surface area contributed by atoms with Crippen LogP contribution in [0.15, 0.2) is 18.2 Å². The maximum absolute atomic E-state index is 10.6. The van der Waals surface area contributed by atoms with Gasteiger partial charge in [-0.15, -0.1) is 5.92 Å². The van der Waals surface area contributed by atoms with E-state index in [4.69, 9.17) is 0 Å². The Morgan fingerprint density at radius 2 is 2.00 bits per heavy atom. The van der Waals surface area contributed by atoms with Crippen LogP contribution >= 0.6 is 0 Å². The molecule has 17 heavy (non-hydrogen) atoms. The van der Waals surface area contributed by atoms with Gasteiger partial charge in [0.1, 0.15) is 11.5 Å². The molecular formula is C13H15O3Y+2. The van der Waals surface area contributed by atoms with Gasteiger partial charge in [-0.1, -0.05) is 25.3 Å². The van der Waals surface area contributed by atoms with Crippen molar-refractivity contribution in [2.75, 3.05) is 0 Å². The first-order valence-electron chi connectivity index (χ1n) is 5.60. The Labute approximate surface area is 126 Å². The minimum Gasteiger partial charge on any atom is -0.542 e. The Morgan fingerprint density at radius 1 is 1.24 bits per heavy atom. The van der Waals surface area contributed by atoms with E-state index in [2.05, 4.69) is 6.29 Å². The summed E-state index contributed by atoms with van der Waals surface area (Å²) in [5.74, 6) is 0.389. The second-order valence-electron chi connectivity index (χ2n) is 4.42. The summed E-state index contributed by atoms with van der Waals surface area (Å²) in [7, 11) is 0. The quantitative estimate of drug-likeness (QED) is 0.825. The van der Waals surface area contributed by atoms with Crippen molar-refractivity contribution in [1.82, 2.24) is 0 Å². The molecule has 86 valence electrons. The molecule has 2 atom stereocenters. The predicted molar refractivity (Wildman–Crippen MR) is 60.2 cm³/mol. The average molecular weight is 308 g/mol. The maximum Gasteiger partial charge on any atom is 3.00 e. The largest absolute Gasteiger partial charge is 3.00 e. The zero-order valence-electron chi connectivity index (χ0n) is 9.60. The van der Waals surface area contributed by atoms with Crippen molar-refractivity contribution in [3.8, 4) is 11.5 Å². The molecule has 2 unspecified atom stereocenters. The van der Waals surface area contributed by atoms with E-state index in [1.807, 2.05) is 0 Å². The Bertz CT molecular complexity index is 392. The van der Waals surface area contributed by atoms with Crippen molar-refractivity contribution in [2.24, 2.45) is 5.92 Å². The molecule has 1 aromatic carbocycles. The normalized spacial score (nSPS) is 23.8. The van der Waals surface area contributed by atoms with Gasteiger partial charge < -0.3 is 15.0 Å². The van der Waals surface area contributed by atoms with E-state index in [0.29, 0.717) is 0 Å². The van der Waals surface area contributed by atoms with Crippen LogP contribution in [0.25, 0.3) is 0 Å². The fourth-order valence-electron chi connectivity index (χ4n) is 2.46. The van der Waals surface area contributed by atoms with Gasteiger partial charge in [0.25, 0.3) is 0 Å². The number of hydrogen-bond acceptors (Lipinski definition) is 3. The number of benzene rings is 1. The van der Waals surface area contributed by atoms with Gasteiger partial charge in [-0.05, 0) is 24.0 Å². The van der Waals surface area contributed by atoms with Gasteiger partial charge in [-0.2, -0.15) is 0 Å². The molecule has 1 aliphatic rings. The molecule has 0 amide bonds. The smallest absolute Gasteiger partial charge is 0.542 e. The third-order valence-electron chi connectivity index (χ3n) is 3.29. The molecule has 0 aromatic heterocycles. The van der Waals surface area contributed by atoms with Crippen molar-refractivity contribution in [3.63, 3.8) is 0 Å². The monoisotopic (exact) mass is 308 g/mol. The van der Waals surface area contributed by atoms with E-state index < -0.39 is 0 Å². The zero-order valence-corrected chi connectivity index (χ0v) is 12.4. The molecule has 2 rings (SSSR count). The van der Waals surface area contributed by atoms with Crippen LogP contribution in [0, 0.1) is 5.92 Å². The summed E-state index contributed by atoms with van der Waals surface area (Å²) in [6.45, 7) is 0. The molecule has 2 N–H and O–H groups in total. The molecule has 1 aliphatic carbocycles. The van der Waals surface area contributed by atoms with Gasteiger partial charge in [-0.3, -0.25) is 6.29 Å². The summed E-state index contributed by atoms with van der Waals surface area (Å²) in [4.78, 5) is 10.6. The first kappa shape index (κ1) is 14.7. The summed E-state index contributed by atoms with van der Waals surface area (Å²) in [5.41, 5.74) is 0.831. The first-order valence-corrected chi connectivity index (χ1v) is 5.60. The Kier molecular flexibility index (Phi) is 5.61. The van der Waals surface area contributed by atoms with Crippen LogP contribution < -0.4 is 0 Å². The minimum atomic E-state index is -0.00745.